The number of amides is 1. The molecule has 0 aromatic heterocycles. The van der Waals surface area contributed by atoms with Crippen molar-refractivity contribution in [2.45, 2.75) is 26.2 Å². The molecular weight excluding hydrogens is 352 g/mol. The van der Waals surface area contributed by atoms with E-state index in [0.29, 0.717) is 0 Å². The zero-order valence-corrected chi connectivity index (χ0v) is 15.0. The number of hydrogen-bond acceptors (Lipinski definition) is 6. The quantitative estimate of drug-likeness (QED) is 0.489. The van der Waals surface area contributed by atoms with Gasteiger partial charge in [0.05, 0.1) is 27.7 Å². The summed E-state index contributed by atoms with van der Waals surface area (Å²) in [6, 6.07) is 10.3. The fraction of sp³-hybridized carbons (Fsp3) is 0.222. The van der Waals surface area contributed by atoms with Crippen LogP contribution in [0.1, 0.15) is 42.3 Å². The Morgan fingerprint density at radius 3 is 1.96 bits per heavy atom. The Morgan fingerprint density at radius 1 is 1.00 bits per heavy atom. The van der Waals surface area contributed by atoms with Gasteiger partial charge in [-0.25, -0.2) is 5.43 Å². The highest BCUT2D eigenvalue weighted by atomic mass is 16.6. The second kappa shape index (κ2) is 7.73. The van der Waals surface area contributed by atoms with E-state index >= 15 is 0 Å². The number of rotatable bonds is 5. The van der Waals surface area contributed by atoms with Crippen LogP contribution in [0.2, 0.25) is 0 Å². The van der Waals surface area contributed by atoms with Crippen molar-refractivity contribution in [3.05, 3.63) is 79.4 Å². The molecule has 9 heteroatoms. The average molecular weight is 370 g/mol. The van der Waals surface area contributed by atoms with E-state index in [2.05, 4.69) is 31.3 Å². The first-order chi connectivity index (χ1) is 12.6. The Kier molecular flexibility index (Phi) is 5.64. The Bertz CT molecular complexity index is 882. The number of nitrogens with zero attached hydrogens (tertiary/aromatic N) is 3. The van der Waals surface area contributed by atoms with Crippen molar-refractivity contribution in [2.75, 3.05) is 0 Å². The molecule has 0 heterocycles. The van der Waals surface area contributed by atoms with E-state index in [-0.39, 0.29) is 11.0 Å². The van der Waals surface area contributed by atoms with Gasteiger partial charge in [0.1, 0.15) is 0 Å². The van der Waals surface area contributed by atoms with Gasteiger partial charge < -0.3 is 0 Å². The number of benzene rings is 2. The molecule has 0 spiro atoms. The number of carbonyl (C=O) groups excluding carboxylic acids is 1. The summed E-state index contributed by atoms with van der Waals surface area (Å²) in [5.74, 6) is -0.788. The van der Waals surface area contributed by atoms with Crippen LogP contribution < -0.4 is 5.43 Å². The predicted molar refractivity (Wildman–Crippen MR) is 100.0 cm³/mol. The summed E-state index contributed by atoms with van der Waals surface area (Å²) < 4.78 is 0. The second-order valence-electron chi connectivity index (χ2n) is 6.82. The van der Waals surface area contributed by atoms with Crippen molar-refractivity contribution < 1.29 is 14.6 Å². The smallest absolute Gasteiger partial charge is 0.267 e. The molecule has 140 valence electrons. The molecule has 2 rings (SSSR count). The third kappa shape index (κ3) is 5.18. The zero-order valence-electron chi connectivity index (χ0n) is 15.0. The van der Waals surface area contributed by atoms with Crippen molar-refractivity contribution in [1.29, 1.82) is 0 Å². The highest BCUT2D eigenvalue weighted by molar-refractivity contribution is 5.96. The number of hydrogen-bond donors (Lipinski definition) is 1. The largest absolute Gasteiger partial charge is 0.277 e. The molecule has 27 heavy (non-hydrogen) atoms. The normalized spacial score (nSPS) is 11.4. The van der Waals surface area contributed by atoms with E-state index in [1.54, 1.807) is 0 Å². The lowest BCUT2D eigenvalue weighted by molar-refractivity contribution is -0.394. The molecule has 0 aliphatic heterocycles. The minimum atomic E-state index is -0.802. The van der Waals surface area contributed by atoms with Crippen LogP contribution in [-0.4, -0.2) is 22.0 Å². The molecule has 0 saturated heterocycles. The molecule has 1 N–H and O–H groups in total. The molecule has 1 amide bonds. The van der Waals surface area contributed by atoms with Crippen LogP contribution in [-0.2, 0) is 5.41 Å². The van der Waals surface area contributed by atoms with Gasteiger partial charge in [0.25, 0.3) is 17.3 Å². The highest BCUT2D eigenvalue weighted by Gasteiger charge is 2.19. The standard InChI is InChI=1S/C18H18N4O5/c1-18(2,3)14-6-4-12(5-7-14)11-19-20-17(23)13-8-15(21(24)25)10-16(9-13)22(26)27/h4-11H,1-3H3,(H,20,23). The van der Waals surface area contributed by atoms with E-state index in [4.69, 9.17) is 0 Å². The van der Waals surface area contributed by atoms with E-state index in [0.717, 1.165) is 29.3 Å². The van der Waals surface area contributed by atoms with E-state index in [9.17, 15) is 25.0 Å². The zero-order chi connectivity index (χ0) is 20.2. The molecule has 0 aliphatic rings. The van der Waals surface area contributed by atoms with Crippen molar-refractivity contribution >= 4 is 23.5 Å². The van der Waals surface area contributed by atoms with Gasteiger partial charge in [-0.3, -0.25) is 25.0 Å². The van der Waals surface area contributed by atoms with Crippen LogP contribution >= 0.6 is 0 Å². The molecule has 0 saturated carbocycles. The van der Waals surface area contributed by atoms with Crippen molar-refractivity contribution in [3.8, 4) is 0 Å². The molecular formula is C18H18N4O5. The first-order valence-electron chi connectivity index (χ1n) is 7.96. The van der Waals surface area contributed by atoms with Gasteiger partial charge in [0, 0.05) is 12.1 Å². The van der Waals surface area contributed by atoms with Crippen LogP contribution in [0, 0.1) is 20.2 Å². The molecule has 0 fully saturated rings. The lowest BCUT2D eigenvalue weighted by Crippen LogP contribution is -2.18. The summed E-state index contributed by atoms with van der Waals surface area (Å²) in [4.78, 5) is 32.2. The first-order valence-corrected chi connectivity index (χ1v) is 7.96. The van der Waals surface area contributed by atoms with Crippen LogP contribution in [0.4, 0.5) is 11.4 Å². The molecule has 0 atom stereocenters. The van der Waals surface area contributed by atoms with Crippen LogP contribution in [0.15, 0.2) is 47.6 Å². The number of nitrogens with one attached hydrogen (secondary N) is 1. The number of nitro benzene ring substituents is 2. The SMILES string of the molecule is CC(C)(C)c1ccc(C=NNC(=O)c2cc([N+](=O)[O-])cc([N+](=O)[O-])c2)cc1. The van der Waals surface area contributed by atoms with Gasteiger partial charge in [0.15, 0.2) is 0 Å². The fourth-order valence-electron chi connectivity index (χ4n) is 2.24. The Balaban J connectivity index is 2.14. The van der Waals surface area contributed by atoms with Crippen molar-refractivity contribution in [2.24, 2.45) is 5.10 Å². The fourth-order valence-corrected chi connectivity index (χ4v) is 2.24. The topological polar surface area (TPSA) is 128 Å². The second-order valence-corrected chi connectivity index (χ2v) is 6.82. The number of hydrazone groups is 1. The lowest BCUT2D eigenvalue weighted by Gasteiger charge is -2.18. The molecule has 0 bridgehead atoms. The maximum atomic E-state index is 12.1. The van der Waals surface area contributed by atoms with E-state index in [1.165, 1.54) is 6.21 Å². The first kappa shape index (κ1) is 19.7. The summed E-state index contributed by atoms with van der Waals surface area (Å²) in [7, 11) is 0. The summed E-state index contributed by atoms with van der Waals surface area (Å²) >= 11 is 0. The third-order valence-electron chi connectivity index (χ3n) is 3.74. The maximum absolute atomic E-state index is 12.1. The van der Waals surface area contributed by atoms with Gasteiger partial charge in [-0.1, -0.05) is 45.0 Å². The van der Waals surface area contributed by atoms with Crippen LogP contribution in [0.5, 0.6) is 0 Å². The van der Waals surface area contributed by atoms with Crippen LogP contribution in [0.25, 0.3) is 0 Å². The van der Waals surface area contributed by atoms with Crippen molar-refractivity contribution in [1.82, 2.24) is 5.43 Å². The van der Waals surface area contributed by atoms with E-state index < -0.39 is 27.1 Å². The van der Waals surface area contributed by atoms with Crippen molar-refractivity contribution in [3.63, 3.8) is 0 Å². The van der Waals surface area contributed by atoms with Gasteiger partial charge in [-0.15, -0.1) is 0 Å². The number of carbonyl (C=O) groups is 1. The minimum absolute atomic E-state index is 0.0145. The molecule has 0 unspecified atom stereocenters. The molecule has 0 aliphatic carbocycles. The van der Waals surface area contributed by atoms with Gasteiger partial charge in [0.2, 0.25) is 0 Å². The summed E-state index contributed by atoms with van der Waals surface area (Å²) in [5.41, 5.74) is 2.80. The van der Waals surface area contributed by atoms with Gasteiger partial charge in [-0.05, 0) is 16.5 Å². The molecule has 2 aromatic carbocycles. The molecule has 2 aromatic rings. The molecule has 0 radical (unpaired) electrons. The minimum Gasteiger partial charge on any atom is -0.267 e. The van der Waals surface area contributed by atoms with E-state index in [1.807, 2.05) is 24.3 Å². The third-order valence-corrected chi connectivity index (χ3v) is 3.74. The van der Waals surface area contributed by atoms with Gasteiger partial charge in [-0.2, -0.15) is 5.10 Å². The Morgan fingerprint density at radius 2 is 1.52 bits per heavy atom. The summed E-state index contributed by atoms with van der Waals surface area (Å²) in [5, 5.41) is 25.5. The lowest BCUT2D eigenvalue weighted by atomic mass is 9.87. The Labute approximate surface area is 155 Å². The highest BCUT2D eigenvalue weighted by Crippen LogP contribution is 2.23. The van der Waals surface area contributed by atoms with Crippen LogP contribution in [0.3, 0.4) is 0 Å². The monoisotopic (exact) mass is 370 g/mol. The van der Waals surface area contributed by atoms with Gasteiger partial charge >= 0.3 is 0 Å². The summed E-state index contributed by atoms with van der Waals surface area (Å²) in [6.45, 7) is 6.28. The maximum Gasteiger partial charge on any atom is 0.277 e. The average Bonchev–Trinajstić information content (AvgIpc) is 2.60. The summed E-state index contributed by atoms with van der Waals surface area (Å²) in [6.07, 6.45) is 1.41. The predicted octanol–water partition coefficient (Wildman–Crippen LogP) is 3.56. The Hall–Kier alpha value is -3.62. The molecule has 9 nitrogen and oxygen atoms in total. The number of nitro groups is 2. The number of non-ortho nitro benzene ring substituents is 2.